The molecule has 0 unspecified atom stereocenters. The standard InChI is InChI=1S/C13H21N3O2/c1-4-13(14,5-2)9-15-11-8-6-7-10(3)12(11)16(17)18/h6-8,15H,4-5,9,14H2,1-3H3. The van der Waals surface area contributed by atoms with E-state index in [0.29, 0.717) is 17.8 Å². The van der Waals surface area contributed by atoms with Gasteiger partial charge < -0.3 is 11.1 Å². The maximum Gasteiger partial charge on any atom is 0.295 e. The van der Waals surface area contributed by atoms with Gasteiger partial charge in [-0.1, -0.05) is 26.0 Å². The molecule has 0 saturated carbocycles. The van der Waals surface area contributed by atoms with E-state index in [9.17, 15) is 10.1 Å². The van der Waals surface area contributed by atoms with E-state index in [1.165, 1.54) is 0 Å². The summed E-state index contributed by atoms with van der Waals surface area (Å²) in [5, 5.41) is 14.2. The van der Waals surface area contributed by atoms with Gasteiger partial charge in [-0.3, -0.25) is 10.1 Å². The number of nitrogens with one attached hydrogen (secondary N) is 1. The lowest BCUT2D eigenvalue weighted by Gasteiger charge is -2.27. The second-order valence-electron chi connectivity index (χ2n) is 4.65. The van der Waals surface area contributed by atoms with Gasteiger partial charge in [0.15, 0.2) is 0 Å². The summed E-state index contributed by atoms with van der Waals surface area (Å²) in [6.45, 7) is 6.31. The highest BCUT2D eigenvalue weighted by Gasteiger charge is 2.22. The molecule has 0 radical (unpaired) electrons. The number of para-hydroxylation sites is 1. The average molecular weight is 251 g/mol. The van der Waals surface area contributed by atoms with E-state index in [1.807, 2.05) is 13.8 Å². The second kappa shape index (κ2) is 5.82. The topological polar surface area (TPSA) is 81.2 Å². The number of nitro benzene ring substituents is 1. The van der Waals surface area contributed by atoms with Crippen molar-refractivity contribution < 1.29 is 4.92 Å². The smallest absolute Gasteiger partial charge is 0.295 e. The molecule has 0 fully saturated rings. The van der Waals surface area contributed by atoms with Gasteiger partial charge in [0, 0.05) is 17.6 Å². The molecule has 1 aromatic carbocycles. The molecule has 5 nitrogen and oxygen atoms in total. The van der Waals surface area contributed by atoms with Crippen LogP contribution in [0.1, 0.15) is 32.3 Å². The third kappa shape index (κ3) is 3.20. The number of benzene rings is 1. The van der Waals surface area contributed by atoms with E-state index in [0.717, 1.165) is 12.8 Å². The molecule has 0 aromatic heterocycles. The Morgan fingerprint density at radius 3 is 2.50 bits per heavy atom. The van der Waals surface area contributed by atoms with Gasteiger partial charge >= 0.3 is 0 Å². The Morgan fingerprint density at radius 1 is 1.39 bits per heavy atom. The molecule has 0 spiro atoms. The van der Waals surface area contributed by atoms with Gasteiger partial charge in [-0.05, 0) is 25.8 Å². The van der Waals surface area contributed by atoms with Gasteiger partial charge in [0.1, 0.15) is 5.69 Å². The molecule has 0 amide bonds. The quantitative estimate of drug-likeness (QED) is 0.601. The van der Waals surface area contributed by atoms with E-state index < -0.39 is 0 Å². The molecule has 1 aromatic rings. The number of nitrogens with zero attached hydrogens (tertiary/aromatic N) is 1. The highest BCUT2D eigenvalue weighted by Crippen LogP contribution is 2.28. The van der Waals surface area contributed by atoms with Crippen molar-refractivity contribution in [3.63, 3.8) is 0 Å². The molecular weight excluding hydrogens is 230 g/mol. The Hall–Kier alpha value is -1.62. The highest BCUT2D eigenvalue weighted by molar-refractivity contribution is 5.65. The van der Waals surface area contributed by atoms with Crippen LogP contribution >= 0.6 is 0 Å². The van der Waals surface area contributed by atoms with Gasteiger partial charge in [0.2, 0.25) is 0 Å². The first-order chi connectivity index (χ1) is 8.43. The summed E-state index contributed by atoms with van der Waals surface area (Å²) < 4.78 is 0. The molecule has 0 bridgehead atoms. The van der Waals surface area contributed by atoms with Gasteiger partial charge in [0.05, 0.1) is 4.92 Å². The second-order valence-corrected chi connectivity index (χ2v) is 4.65. The van der Waals surface area contributed by atoms with Crippen LogP contribution in [0.2, 0.25) is 0 Å². The zero-order valence-corrected chi connectivity index (χ0v) is 11.2. The van der Waals surface area contributed by atoms with Crippen LogP contribution in [-0.2, 0) is 0 Å². The predicted molar refractivity (Wildman–Crippen MR) is 73.8 cm³/mol. The zero-order chi connectivity index (χ0) is 13.8. The van der Waals surface area contributed by atoms with Crippen LogP contribution in [0.5, 0.6) is 0 Å². The summed E-state index contributed by atoms with van der Waals surface area (Å²) in [5.74, 6) is 0. The molecule has 0 heterocycles. The molecule has 0 atom stereocenters. The van der Waals surface area contributed by atoms with Crippen LogP contribution < -0.4 is 11.1 Å². The van der Waals surface area contributed by atoms with Crippen LogP contribution in [0.15, 0.2) is 18.2 Å². The first-order valence-electron chi connectivity index (χ1n) is 6.20. The number of aryl methyl sites for hydroxylation is 1. The van der Waals surface area contributed by atoms with E-state index in [4.69, 9.17) is 5.73 Å². The van der Waals surface area contributed by atoms with Crippen molar-refractivity contribution >= 4 is 11.4 Å². The fraction of sp³-hybridized carbons (Fsp3) is 0.538. The number of hydrogen-bond donors (Lipinski definition) is 2. The van der Waals surface area contributed by atoms with E-state index >= 15 is 0 Å². The molecule has 0 aliphatic rings. The molecule has 0 aliphatic heterocycles. The molecule has 3 N–H and O–H groups in total. The first kappa shape index (κ1) is 14.4. The summed E-state index contributed by atoms with van der Waals surface area (Å²) in [4.78, 5) is 10.7. The Kier molecular flexibility index (Phi) is 4.67. The lowest BCUT2D eigenvalue weighted by Crippen LogP contribution is -2.45. The monoisotopic (exact) mass is 251 g/mol. The van der Waals surface area contributed by atoms with Crippen molar-refractivity contribution in [2.75, 3.05) is 11.9 Å². The number of nitrogens with two attached hydrogens (primary N) is 1. The predicted octanol–water partition coefficient (Wildman–Crippen LogP) is 2.83. The minimum absolute atomic E-state index is 0.132. The van der Waals surface area contributed by atoms with Gasteiger partial charge in [0.25, 0.3) is 5.69 Å². The maximum atomic E-state index is 11.0. The molecule has 100 valence electrons. The van der Waals surface area contributed by atoms with Crippen LogP contribution in [0.4, 0.5) is 11.4 Å². The largest absolute Gasteiger partial charge is 0.378 e. The average Bonchev–Trinajstić information content (AvgIpc) is 2.35. The minimum Gasteiger partial charge on any atom is -0.378 e. The maximum absolute atomic E-state index is 11.0. The van der Waals surface area contributed by atoms with Crippen molar-refractivity contribution in [3.8, 4) is 0 Å². The Labute approximate surface area is 108 Å². The molecule has 5 heteroatoms. The third-order valence-electron chi connectivity index (χ3n) is 3.46. The Balaban J connectivity index is 2.92. The summed E-state index contributed by atoms with van der Waals surface area (Å²) in [5.41, 5.74) is 7.18. The SMILES string of the molecule is CCC(N)(CC)CNc1cccc(C)c1[N+](=O)[O-]. The van der Waals surface area contributed by atoms with Crippen molar-refractivity contribution in [2.45, 2.75) is 39.2 Å². The van der Waals surface area contributed by atoms with Crippen LogP contribution in [0.3, 0.4) is 0 Å². The van der Waals surface area contributed by atoms with Crippen molar-refractivity contribution in [1.82, 2.24) is 0 Å². The molecule has 0 saturated heterocycles. The Morgan fingerprint density at radius 2 is 2.00 bits per heavy atom. The van der Waals surface area contributed by atoms with E-state index in [1.54, 1.807) is 25.1 Å². The normalized spacial score (nSPS) is 11.3. The molecule has 1 rings (SSSR count). The third-order valence-corrected chi connectivity index (χ3v) is 3.46. The number of hydrogen-bond acceptors (Lipinski definition) is 4. The fourth-order valence-corrected chi connectivity index (χ4v) is 1.82. The van der Waals surface area contributed by atoms with Gasteiger partial charge in [-0.15, -0.1) is 0 Å². The molecule has 18 heavy (non-hydrogen) atoms. The summed E-state index contributed by atoms with van der Waals surface area (Å²) >= 11 is 0. The number of anilines is 1. The number of rotatable bonds is 6. The van der Waals surface area contributed by atoms with Gasteiger partial charge in [-0.25, -0.2) is 0 Å². The summed E-state index contributed by atoms with van der Waals surface area (Å²) in [7, 11) is 0. The van der Waals surface area contributed by atoms with Crippen LogP contribution in [-0.4, -0.2) is 17.0 Å². The first-order valence-corrected chi connectivity index (χ1v) is 6.20. The number of nitro groups is 1. The molecule has 0 aliphatic carbocycles. The van der Waals surface area contributed by atoms with Crippen molar-refractivity contribution in [3.05, 3.63) is 33.9 Å². The van der Waals surface area contributed by atoms with Crippen molar-refractivity contribution in [1.29, 1.82) is 0 Å². The lowest BCUT2D eigenvalue weighted by molar-refractivity contribution is -0.384. The zero-order valence-electron chi connectivity index (χ0n) is 11.2. The molecular formula is C13H21N3O2. The lowest BCUT2D eigenvalue weighted by atomic mass is 9.94. The highest BCUT2D eigenvalue weighted by atomic mass is 16.6. The fourth-order valence-electron chi connectivity index (χ4n) is 1.82. The summed E-state index contributed by atoms with van der Waals surface area (Å²) in [6, 6.07) is 5.26. The van der Waals surface area contributed by atoms with E-state index in [2.05, 4.69) is 5.32 Å². The minimum atomic E-state index is -0.353. The summed E-state index contributed by atoms with van der Waals surface area (Å²) in [6.07, 6.45) is 1.66. The Bertz CT molecular complexity index is 428. The van der Waals surface area contributed by atoms with E-state index in [-0.39, 0.29) is 16.1 Å². The van der Waals surface area contributed by atoms with Crippen LogP contribution in [0.25, 0.3) is 0 Å². The van der Waals surface area contributed by atoms with Gasteiger partial charge in [-0.2, -0.15) is 0 Å². The van der Waals surface area contributed by atoms with Crippen molar-refractivity contribution in [2.24, 2.45) is 5.73 Å². The van der Waals surface area contributed by atoms with Crippen LogP contribution in [0, 0.1) is 17.0 Å².